The van der Waals surface area contributed by atoms with Crippen LogP contribution in [0.2, 0.25) is 5.02 Å². The third-order valence-corrected chi connectivity index (χ3v) is 3.53. The van der Waals surface area contributed by atoms with Crippen molar-refractivity contribution >= 4 is 17.5 Å². The highest BCUT2D eigenvalue weighted by atomic mass is 35.5. The van der Waals surface area contributed by atoms with E-state index in [-0.39, 0.29) is 18.6 Å². The largest absolute Gasteiger partial charge is 0.484 e. The van der Waals surface area contributed by atoms with E-state index in [0.29, 0.717) is 11.7 Å². The van der Waals surface area contributed by atoms with Crippen LogP contribution >= 0.6 is 11.6 Å². The van der Waals surface area contributed by atoms with Gasteiger partial charge in [0, 0.05) is 11.1 Å². The van der Waals surface area contributed by atoms with Crippen molar-refractivity contribution in [2.75, 3.05) is 6.61 Å². The molecule has 1 unspecified atom stereocenters. The quantitative estimate of drug-likeness (QED) is 0.868. The molecule has 4 heteroatoms. The zero-order valence-electron chi connectivity index (χ0n) is 12.0. The van der Waals surface area contributed by atoms with E-state index in [0.717, 1.165) is 17.0 Å². The van der Waals surface area contributed by atoms with E-state index in [1.807, 2.05) is 19.9 Å². The minimum atomic E-state index is -0.103. The molecule has 1 aromatic carbocycles. The van der Waals surface area contributed by atoms with Crippen molar-refractivity contribution in [2.45, 2.75) is 40.2 Å². The predicted molar refractivity (Wildman–Crippen MR) is 78.8 cm³/mol. The van der Waals surface area contributed by atoms with Gasteiger partial charge in [0.2, 0.25) is 0 Å². The average Bonchev–Trinajstić information content (AvgIpc) is 2.37. The molecule has 106 valence electrons. The molecule has 3 nitrogen and oxygen atoms in total. The van der Waals surface area contributed by atoms with Crippen LogP contribution in [0.1, 0.15) is 33.3 Å². The predicted octanol–water partition coefficient (Wildman–Crippen LogP) is 3.44. The Labute approximate surface area is 120 Å². The van der Waals surface area contributed by atoms with Gasteiger partial charge in [-0.1, -0.05) is 32.4 Å². The summed E-state index contributed by atoms with van der Waals surface area (Å²) in [5.74, 6) is 0.981. The van der Waals surface area contributed by atoms with E-state index >= 15 is 0 Å². The Morgan fingerprint density at radius 3 is 2.63 bits per heavy atom. The summed E-state index contributed by atoms with van der Waals surface area (Å²) in [7, 11) is 0. The third-order valence-electron chi connectivity index (χ3n) is 3.16. The van der Waals surface area contributed by atoms with E-state index in [9.17, 15) is 4.79 Å². The summed E-state index contributed by atoms with van der Waals surface area (Å²) in [6, 6.07) is 5.60. The highest BCUT2D eigenvalue weighted by Gasteiger charge is 2.11. The zero-order valence-corrected chi connectivity index (χ0v) is 12.8. The van der Waals surface area contributed by atoms with Crippen molar-refractivity contribution < 1.29 is 9.53 Å². The maximum Gasteiger partial charge on any atom is 0.258 e. The second kappa shape index (κ2) is 7.39. The molecule has 1 amide bonds. The number of halogens is 1. The van der Waals surface area contributed by atoms with Crippen molar-refractivity contribution in [1.29, 1.82) is 0 Å². The van der Waals surface area contributed by atoms with Gasteiger partial charge < -0.3 is 10.1 Å². The minimum Gasteiger partial charge on any atom is -0.484 e. The van der Waals surface area contributed by atoms with Crippen LogP contribution in [0.15, 0.2) is 18.2 Å². The highest BCUT2D eigenvalue weighted by molar-refractivity contribution is 6.31. The Morgan fingerprint density at radius 1 is 1.37 bits per heavy atom. The first-order valence-corrected chi connectivity index (χ1v) is 7.02. The molecule has 1 atom stereocenters. The van der Waals surface area contributed by atoms with Gasteiger partial charge in [-0.15, -0.1) is 0 Å². The molecule has 0 heterocycles. The number of nitrogens with one attached hydrogen (secondary N) is 1. The lowest BCUT2D eigenvalue weighted by atomic mass is 10.1. The van der Waals surface area contributed by atoms with Crippen molar-refractivity contribution in [3.63, 3.8) is 0 Å². The van der Waals surface area contributed by atoms with Crippen LogP contribution < -0.4 is 10.1 Å². The molecule has 0 saturated carbocycles. The normalized spacial score (nSPS) is 12.3. The summed E-state index contributed by atoms with van der Waals surface area (Å²) in [5, 5.41) is 3.63. The first-order valence-electron chi connectivity index (χ1n) is 6.64. The molecule has 1 aromatic rings. The number of ether oxygens (including phenoxy) is 1. The molecule has 0 saturated heterocycles. The molecule has 0 radical (unpaired) electrons. The Balaban J connectivity index is 2.50. The fourth-order valence-electron chi connectivity index (χ4n) is 1.52. The molecule has 0 bridgehead atoms. The topological polar surface area (TPSA) is 38.3 Å². The molecule has 0 aliphatic heterocycles. The van der Waals surface area contributed by atoms with Gasteiger partial charge in [0.15, 0.2) is 6.61 Å². The van der Waals surface area contributed by atoms with Gasteiger partial charge in [-0.2, -0.15) is 0 Å². The zero-order chi connectivity index (χ0) is 14.4. The van der Waals surface area contributed by atoms with E-state index in [1.165, 1.54) is 0 Å². The summed E-state index contributed by atoms with van der Waals surface area (Å²) in [6.45, 7) is 8.18. The number of carbonyl (C=O) groups is 1. The molecule has 0 fully saturated rings. The number of rotatable bonds is 6. The van der Waals surface area contributed by atoms with Crippen LogP contribution in [0, 0.1) is 5.92 Å². The molecular formula is C15H22ClNO2. The maximum absolute atomic E-state index is 11.7. The van der Waals surface area contributed by atoms with Crippen LogP contribution in [0.4, 0.5) is 0 Å². The average molecular weight is 284 g/mol. The maximum atomic E-state index is 11.7. The van der Waals surface area contributed by atoms with E-state index < -0.39 is 0 Å². The second-order valence-electron chi connectivity index (χ2n) is 5.00. The van der Waals surface area contributed by atoms with E-state index in [2.05, 4.69) is 19.2 Å². The van der Waals surface area contributed by atoms with Crippen molar-refractivity contribution in [3.8, 4) is 5.75 Å². The van der Waals surface area contributed by atoms with Crippen molar-refractivity contribution in [3.05, 3.63) is 28.8 Å². The number of carbonyl (C=O) groups excluding carboxylic acids is 1. The number of hydrogen-bond acceptors (Lipinski definition) is 2. The first-order chi connectivity index (χ1) is 8.93. The molecule has 1 N–H and O–H groups in total. The number of amides is 1. The fraction of sp³-hybridized carbons (Fsp3) is 0.533. The van der Waals surface area contributed by atoms with Gasteiger partial charge in [0.1, 0.15) is 5.75 Å². The van der Waals surface area contributed by atoms with Crippen LogP contribution in [0.3, 0.4) is 0 Å². The Hall–Kier alpha value is -1.22. The fourth-order valence-corrected chi connectivity index (χ4v) is 1.77. The summed E-state index contributed by atoms with van der Waals surface area (Å²) in [4.78, 5) is 11.7. The van der Waals surface area contributed by atoms with E-state index in [4.69, 9.17) is 16.3 Å². The standard InChI is InChI=1S/C15H22ClNO2/c1-5-12-8-13(6-7-14(12)16)19-9-15(18)17-11(4)10(2)3/h6-8,10-11H,5,9H2,1-4H3,(H,17,18). The summed E-state index contributed by atoms with van der Waals surface area (Å²) in [5.41, 5.74) is 1.02. The van der Waals surface area contributed by atoms with Gasteiger partial charge >= 0.3 is 0 Å². The van der Waals surface area contributed by atoms with Gasteiger partial charge in [0.05, 0.1) is 0 Å². The van der Waals surface area contributed by atoms with E-state index in [1.54, 1.807) is 12.1 Å². The molecule has 1 rings (SSSR count). The minimum absolute atomic E-state index is 0.0296. The molecule has 0 aromatic heterocycles. The van der Waals surface area contributed by atoms with Gasteiger partial charge in [-0.3, -0.25) is 4.79 Å². The molecule has 0 aliphatic rings. The lowest BCUT2D eigenvalue weighted by Gasteiger charge is -2.17. The second-order valence-corrected chi connectivity index (χ2v) is 5.40. The highest BCUT2D eigenvalue weighted by Crippen LogP contribution is 2.22. The molecular weight excluding hydrogens is 262 g/mol. The van der Waals surface area contributed by atoms with Crippen molar-refractivity contribution in [2.24, 2.45) is 5.92 Å². The van der Waals surface area contributed by atoms with Crippen LogP contribution in [-0.2, 0) is 11.2 Å². The Kier molecular flexibility index (Phi) is 6.16. The van der Waals surface area contributed by atoms with Crippen LogP contribution in [0.25, 0.3) is 0 Å². The summed E-state index contributed by atoms with van der Waals surface area (Å²) < 4.78 is 5.48. The first kappa shape index (κ1) is 15.8. The SMILES string of the molecule is CCc1cc(OCC(=O)NC(C)C(C)C)ccc1Cl. The van der Waals surface area contributed by atoms with Crippen LogP contribution in [0.5, 0.6) is 5.75 Å². The summed E-state index contributed by atoms with van der Waals surface area (Å²) in [6.07, 6.45) is 0.840. The lowest BCUT2D eigenvalue weighted by Crippen LogP contribution is -2.38. The smallest absolute Gasteiger partial charge is 0.258 e. The molecule has 19 heavy (non-hydrogen) atoms. The number of benzene rings is 1. The van der Waals surface area contributed by atoms with Crippen LogP contribution in [-0.4, -0.2) is 18.6 Å². The Morgan fingerprint density at radius 2 is 2.05 bits per heavy atom. The number of aryl methyl sites for hydroxylation is 1. The van der Waals surface area contributed by atoms with Crippen molar-refractivity contribution in [1.82, 2.24) is 5.32 Å². The third kappa shape index (κ3) is 5.11. The number of hydrogen-bond donors (Lipinski definition) is 1. The van der Waals surface area contributed by atoms with Gasteiger partial charge in [0.25, 0.3) is 5.91 Å². The summed E-state index contributed by atoms with van der Waals surface area (Å²) >= 11 is 6.03. The Bertz CT molecular complexity index is 432. The van der Waals surface area contributed by atoms with Gasteiger partial charge in [-0.25, -0.2) is 0 Å². The molecule has 0 aliphatic carbocycles. The monoisotopic (exact) mass is 283 g/mol. The lowest BCUT2D eigenvalue weighted by molar-refractivity contribution is -0.124. The molecule has 0 spiro atoms. The van der Waals surface area contributed by atoms with Gasteiger partial charge in [-0.05, 0) is 43.0 Å².